The molecule has 2 aromatic heterocycles. The molecule has 0 bridgehead atoms. The second-order valence-corrected chi connectivity index (χ2v) is 8.50. The molecule has 0 aliphatic rings. The molecule has 0 unspecified atom stereocenters. The Morgan fingerprint density at radius 2 is 1.68 bits per heavy atom. The van der Waals surface area contributed by atoms with Crippen molar-refractivity contribution in [1.29, 1.82) is 0 Å². The summed E-state index contributed by atoms with van der Waals surface area (Å²) in [5, 5.41) is 7.44. The molecule has 0 aliphatic carbocycles. The smallest absolute Gasteiger partial charge is 0.279 e. The fourth-order valence-corrected chi connectivity index (χ4v) is 4.50. The number of rotatable bonds is 4. The van der Waals surface area contributed by atoms with Gasteiger partial charge in [-0.25, -0.2) is 8.42 Å². The molecular weight excluding hydrogens is 376 g/mol. The summed E-state index contributed by atoms with van der Waals surface area (Å²) < 4.78 is 28.3. The number of aryl methyl sites for hydroxylation is 1. The summed E-state index contributed by atoms with van der Waals surface area (Å²) in [6.07, 6.45) is 3.05. The van der Waals surface area contributed by atoms with Gasteiger partial charge in [0.1, 0.15) is 0 Å². The average Bonchev–Trinajstić information content (AvgIpc) is 3.11. The Bertz CT molecular complexity index is 1340. The van der Waals surface area contributed by atoms with Crippen LogP contribution in [0.15, 0.2) is 70.9 Å². The zero-order valence-corrected chi connectivity index (χ0v) is 16.2. The first-order chi connectivity index (χ1) is 13.4. The molecule has 0 spiro atoms. The van der Waals surface area contributed by atoms with Crippen molar-refractivity contribution in [2.24, 2.45) is 0 Å². The first-order valence-electron chi connectivity index (χ1n) is 8.68. The highest BCUT2D eigenvalue weighted by Crippen LogP contribution is 2.18. The van der Waals surface area contributed by atoms with Gasteiger partial charge < -0.3 is 0 Å². The molecule has 142 valence electrons. The SMILES string of the molecule is Cc1cccc(-n2ccn3c(S(=O)(=O)Cc4ccccc4)nnc3c2=O)c1C. The first-order valence-corrected chi connectivity index (χ1v) is 10.3. The molecule has 4 rings (SSSR count). The third-order valence-corrected chi connectivity index (χ3v) is 6.30. The highest BCUT2D eigenvalue weighted by Gasteiger charge is 2.24. The van der Waals surface area contributed by atoms with Gasteiger partial charge in [0.25, 0.3) is 5.16 Å². The van der Waals surface area contributed by atoms with Crippen LogP contribution in [0.3, 0.4) is 0 Å². The second kappa shape index (κ2) is 6.72. The van der Waals surface area contributed by atoms with E-state index in [2.05, 4.69) is 10.2 Å². The van der Waals surface area contributed by atoms with E-state index in [0.717, 1.165) is 16.8 Å². The third-order valence-electron chi connectivity index (χ3n) is 4.75. The van der Waals surface area contributed by atoms with Gasteiger partial charge in [0.2, 0.25) is 15.5 Å². The molecule has 0 aliphatic heterocycles. The molecule has 0 saturated heterocycles. The van der Waals surface area contributed by atoms with Crippen LogP contribution in [0.25, 0.3) is 11.3 Å². The lowest BCUT2D eigenvalue weighted by atomic mass is 10.1. The van der Waals surface area contributed by atoms with Crippen molar-refractivity contribution < 1.29 is 8.42 Å². The maximum atomic E-state index is 12.9. The topological polar surface area (TPSA) is 86.3 Å². The van der Waals surface area contributed by atoms with Gasteiger partial charge in [0.15, 0.2) is 0 Å². The standard InChI is InChI=1S/C20H18N4O3S/c1-14-7-6-10-17(15(14)2)23-11-12-24-18(19(23)25)21-22-20(24)28(26,27)13-16-8-4-3-5-9-16/h3-12H,13H2,1-2H3. The molecule has 7 nitrogen and oxygen atoms in total. The van der Waals surface area contributed by atoms with Crippen LogP contribution >= 0.6 is 0 Å². The van der Waals surface area contributed by atoms with Crippen molar-refractivity contribution in [3.8, 4) is 5.69 Å². The van der Waals surface area contributed by atoms with E-state index in [1.165, 1.54) is 15.2 Å². The zero-order valence-electron chi connectivity index (χ0n) is 15.4. The van der Waals surface area contributed by atoms with Crippen molar-refractivity contribution in [3.05, 3.63) is 88.0 Å². The highest BCUT2D eigenvalue weighted by atomic mass is 32.2. The lowest BCUT2D eigenvalue weighted by Gasteiger charge is -2.11. The Morgan fingerprint density at radius 1 is 0.929 bits per heavy atom. The van der Waals surface area contributed by atoms with Gasteiger partial charge in [-0.15, -0.1) is 10.2 Å². The minimum absolute atomic E-state index is 0.0324. The van der Waals surface area contributed by atoms with Crippen LogP contribution in [0.2, 0.25) is 0 Å². The van der Waals surface area contributed by atoms with Crippen LogP contribution < -0.4 is 5.56 Å². The third kappa shape index (κ3) is 3.01. The van der Waals surface area contributed by atoms with Crippen LogP contribution in [0.5, 0.6) is 0 Å². The average molecular weight is 394 g/mol. The van der Waals surface area contributed by atoms with Gasteiger partial charge in [-0.3, -0.25) is 13.8 Å². The molecule has 0 saturated carbocycles. The summed E-state index contributed by atoms with van der Waals surface area (Å²) in [6.45, 7) is 3.90. The van der Waals surface area contributed by atoms with Gasteiger partial charge in [0, 0.05) is 12.4 Å². The van der Waals surface area contributed by atoms with Crippen molar-refractivity contribution >= 4 is 15.5 Å². The summed E-state index contributed by atoms with van der Waals surface area (Å²) in [7, 11) is -3.76. The van der Waals surface area contributed by atoms with Crippen molar-refractivity contribution in [1.82, 2.24) is 19.2 Å². The molecule has 0 fully saturated rings. The Balaban J connectivity index is 1.83. The van der Waals surface area contributed by atoms with E-state index in [1.54, 1.807) is 30.5 Å². The number of nitrogens with zero attached hydrogens (tertiary/aromatic N) is 4. The molecule has 2 aromatic carbocycles. The quantitative estimate of drug-likeness (QED) is 0.531. The number of hydrogen-bond donors (Lipinski definition) is 0. The molecule has 28 heavy (non-hydrogen) atoms. The summed E-state index contributed by atoms with van der Waals surface area (Å²) in [5.41, 5.74) is 2.93. The van der Waals surface area contributed by atoms with E-state index in [1.807, 2.05) is 38.1 Å². The van der Waals surface area contributed by atoms with Crippen LogP contribution in [0.1, 0.15) is 16.7 Å². The number of aromatic nitrogens is 4. The van der Waals surface area contributed by atoms with Crippen LogP contribution in [0.4, 0.5) is 0 Å². The van der Waals surface area contributed by atoms with E-state index in [4.69, 9.17) is 0 Å². The summed E-state index contributed by atoms with van der Waals surface area (Å²) in [5.74, 6) is -0.214. The molecule has 0 radical (unpaired) electrons. The fourth-order valence-electron chi connectivity index (χ4n) is 3.12. The Hall–Kier alpha value is -3.26. The largest absolute Gasteiger partial charge is 0.300 e. The van der Waals surface area contributed by atoms with Crippen LogP contribution in [-0.2, 0) is 15.6 Å². The Kier molecular flexibility index (Phi) is 4.35. The first kappa shape index (κ1) is 18.1. The normalized spacial score (nSPS) is 11.8. The van der Waals surface area contributed by atoms with Gasteiger partial charge in [-0.1, -0.05) is 42.5 Å². The van der Waals surface area contributed by atoms with Gasteiger partial charge in [-0.05, 0) is 36.6 Å². The van der Waals surface area contributed by atoms with Crippen LogP contribution in [0, 0.1) is 13.8 Å². The summed E-state index contributed by atoms with van der Waals surface area (Å²) in [4.78, 5) is 12.9. The second-order valence-electron chi connectivity index (χ2n) is 6.61. The minimum Gasteiger partial charge on any atom is -0.279 e. The van der Waals surface area contributed by atoms with Gasteiger partial charge >= 0.3 is 5.56 Å². The fraction of sp³-hybridized carbons (Fsp3) is 0.150. The van der Waals surface area contributed by atoms with Gasteiger partial charge in [0.05, 0.1) is 11.4 Å². The number of fused-ring (bicyclic) bond motifs is 1. The van der Waals surface area contributed by atoms with Gasteiger partial charge in [-0.2, -0.15) is 0 Å². The molecular formula is C20H18N4O3S. The molecule has 8 heteroatoms. The highest BCUT2D eigenvalue weighted by molar-refractivity contribution is 7.90. The monoisotopic (exact) mass is 394 g/mol. The lowest BCUT2D eigenvalue weighted by Crippen LogP contribution is -2.22. The number of hydrogen-bond acceptors (Lipinski definition) is 5. The number of sulfone groups is 1. The van der Waals surface area contributed by atoms with E-state index in [-0.39, 0.29) is 16.6 Å². The van der Waals surface area contributed by atoms with E-state index < -0.39 is 15.4 Å². The molecule has 0 atom stereocenters. The Labute approximate surface area is 161 Å². The van der Waals surface area contributed by atoms with Crippen molar-refractivity contribution in [2.75, 3.05) is 0 Å². The maximum Gasteiger partial charge on any atom is 0.300 e. The molecule has 2 heterocycles. The molecule has 0 N–H and O–H groups in total. The molecule has 4 aromatic rings. The van der Waals surface area contributed by atoms with E-state index >= 15 is 0 Å². The van der Waals surface area contributed by atoms with Crippen molar-refractivity contribution in [2.45, 2.75) is 24.8 Å². The predicted molar refractivity (Wildman–Crippen MR) is 105 cm³/mol. The predicted octanol–water partition coefficient (Wildman–Crippen LogP) is 2.47. The van der Waals surface area contributed by atoms with Crippen molar-refractivity contribution in [3.63, 3.8) is 0 Å². The zero-order chi connectivity index (χ0) is 19.9. The number of benzene rings is 2. The van der Waals surface area contributed by atoms with E-state index in [0.29, 0.717) is 5.56 Å². The summed E-state index contributed by atoms with van der Waals surface area (Å²) in [6, 6.07) is 14.5. The lowest BCUT2D eigenvalue weighted by molar-refractivity contribution is 0.584. The Morgan fingerprint density at radius 3 is 2.43 bits per heavy atom. The molecule has 0 amide bonds. The minimum atomic E-state index is -3.76. The maximum absolute atomic E-state index is 12.9. The van der Waals surface area contributed by atoms with E-state index in [9.17, 15) is 13.2 Å². The van der Waals surface area contributed by atoms with Crippen LogP contribution in [-0.4, -0.2) is 27.6 Å². The summed E-state index contributed by atoms with van der Waals surface area (Å²) >= 11 is 0.